The molecule has 37 heavy (non-hydrogen) atoms. The Labute approximate surface area is 218 Å². The first kappa shape index (κ1) is 28.4. The van der Waals surface area contributed by atoms with E-state index in [4.69, 9.17) is 15.2 Å². The van der Waals surface area contributed by atoms with Gasteiger partial charge in [-0.25, -0.2) is 9.97 Å². The minimum atomic E-state index is -0.668. The second-order valence-electron chi connectivity index (χ2n) is 9.43. The van der Waals surface area contributed by atoms with Crippen LogP contribution in [0.5, 0.6) is 0 Å². The first-order valence-corrected chi connectivity index (χ1v) is 12.7. The highest BCUT2D eigenvalue weighted by atomic mass is 17.1. The number of carbonyl (C=O) groups excluding carboxylic acids is 1. The van der Waals surface area contributed by atoms with Crippen molar-refractivity contribution < 1.29 is 24.8 Å². The van der Waals surface area contributed by atoms with Gasteiger partial charge in [0.15, 0.2) is 0 Å². The number of hydrogen-bond acceptors (Lipinski definition) is 8. The highest BCUT2D eigenvalue weighted by Gasteiger charge is 2.43. The summed E-state index contributed by atoms with van der Waals surface area (Å²) in [5.74, 6) is -0.205. The second kappa shape index (κ2) is 13.9. The summed E-state index contributed by atoms with van der Waals surface area (Å²) in [5, 5.41) is 16.9. The molecule has 8 nitrogen and oxygen atoms in total. The van der Waals surface area contributed by atoms with Crippen molar-refractivity contribution >= 4 is 5.97 Å². The Kier molecular flexibility index (Phi) is 10.7. The molecule has 0 saturated heterocycles. The van der Waals surface area contributed by atoms with Gasteiger partial charge in [0, 0.05) is 23.2 Å². The van der Waals surface area contributed by atoms with E-state index in [-0.39, 0.29) is 18.0 Å². The lowest BCUT2D eigenvalue weighted by Crippen LogP contribution is -2.41. The van der Waals surface area contributed by atoms with Crippen LogP contribution in [0.2, 0.25) is 0 Å². The van der Waals surface area contributed by atoms with Gasteiger partial charge in [-0.15, -0.1) is 0 Å². The van der Waals surface area contributed by atoms with Gasteiger partial charge in [-0.1, -0.05) is 74.0 Å². The van der Waals surface area contributed by atoms with Crippen LogP contribution in [0.15, 0.2) is 66.7 Å². The molecule has 0 bridgehead atoms. The minimum absolute atomic E-state index is 0.206. The molecule has 1 atom stereocenters. The van der Waals surface area contributed by atoms with Crippen LogP contribution in [0.3, 0.4) is 0 Å². The number of hydrogen-bond donors (Lipinski definition) is 2. The van der Waals surface area contributed by atoms with E-state index < -0.39 is 11.3 Å². The third-order valence-corrected chi connectivity index (χ3v) is 6.63. The first-order chi connectivity index (χ1) is 17.8. The van der Waals surface area contributed by atoms with Gasteiger partial charge in [0.1, 0.15) is 5.82 Å². The van der Waals surface area contributed by atoms with Crippen molar-refractivity contribution in [2.75, 3.05) is 13.2 Å². The van der Waals surface area contributed by atoms with E-state index in [1.807, 2.05) is 56.3 Å². The molecule has 0 radical (unpaired) electrons. The van der Waals surface area contributed by atoms with Crippen molar-refractivity contribution in [1.82, 2.24) is 15.4 Å². The molecule has 8 heteroatoms. The highest BCUT2D eigenvalue weighted by Crippen LogP contribution is 2.41. The number of carbonyl (C=O) groups is 1. The molecule has 1 aromatic heterocycles. The lowest BCUT2D eigenvalue weighted by atomic mass is 9.66. The molecule has 1 heterocycles. The molecule has 0 spiro atoms. The van der Waals surface area contributed by atoms with Crippen LogP contribution in [-0.4, -0.2) is 45.0 Å². The smallest absolute Gasteiger partial charge is 0.310 e. The maximum atomic E-state index is 13.8. The Morgan fingerprint density at radius 1 is 0.865 bits per heavy atom. The van der Waals surface area contributed by atoms with E-state index in [0.717, 1.165) is 35.4 Å². The summed E-state index contributed by atoms with van der Waals surface area (Å²) in [6.07, 6.45) is 3.36. The van der Waals surface area contributed by atoms with Crippen LogP contribution >= 0.6 is 0 Å². The van der Waals surface area contributed by atoms with Crippen molar-refractivity contribution in [2.45, 2.75) is 58.3 Å². The number of esters is 1. The third kappa shape index (κ3) is 8.16. The Balaban J connectivity index is 1.83. The molecule has 0 saturated carbocycles. The Morgan fingerprint density at radius 3 is 1.89 bits per heavy atom. The number of aryl methyl sites for hydroxylation is 2. The number of ether oxygens (including phenoxy) is 1. The summed E-state index contributed by atoms with van der Waals surface area (Å²) in [4.78, 5) is 27.6. The predicted octanol–water partition coefficient (Wildman–Crippen LogP) is 5.37. The van der Waals surface area contributed by atoms with E-state index in [0.29, 0.717) is 31.7 Å². The molecule has 0 unspecified atom stereocenters. The minimum Gasteiger partial charge on any atom is -0.465 e. The van der Waals surface area contributed by atoms with Gasteiger partial charge in [-0.2, -0.15) is 0 Å². The van der Waals surface area contributed by atoms with E-state index in [1.165, 1.54) is 0 Å². The number of nitrogens with zero attached hydrogens (tertiary/aromatic N) is 3. The number of aromatic nitrogens is 2. The van der Waals surface area contributed by atoms with Crippen LogP contribution in [0.4, 0.5) is 0 Å². The van der Waals surface area contributed by atoms with Gasteiger partial charge in [-0.05, 0) is 50.3 Å². The van der Waals surface area contributed by atoms with Gasteiger partial charge in [0.05, 0.1) is 24.5 Å². The van der Waals surface area contributed by atoms with Crippen LogP contribution in [-0.2, 0) is 26.2 Å². The maximum absolute atomic E-state index is 13.8. The molecule has 0 aliphatic rings. The lowest BCUT2D eigenvalue weighted by Gasteiger charge is -2.37. The molecule has 0 amide bonds. The summed E-state index contributed by atoms with van der Waals surface area (Å²) in [6.45, 7) is 6.47. The Bertz CT molecular complexity index is 1050. The summed E-state index contributed by atoms with van der Waals surface area (Å²) in [7, 11) is 0. The standard InChI is InChI=1S/C29H37N3O5/c1-22-20-23(2)31-27(30-22)21-26(28(33)36-18-12-4-5-13-19-37-32(34)35)29(3,24-14-8-6-9-15-24)25-16-10-7-11-17-25/h6-11,14-17,20,26,34-35H,4-5,12-13,18-19,21H2,1-3H3/t26-/m1/s1. The fourth-order valence-electron chi connectivity index (χ4n) is 4.71. The SMILES string of the molecule is Cc1cc(C)nc(C[C@H](C(=O)OCCCCCCON(O)O)C(C)(c2ccccc2)c2ccccc2)n1. The molecular weight excluding hydrogens is 470 g/mol. The zero-order valence-corrected chi connectivity index (χ0v) is 21.8. The molecular formula is C29H37N3O5. The molecule has 2 aromatic carbocycles. The zero-order valence-electron chi connectivity index (χ0n) is 21.8. The fraction of sp³-hybridized carbons (Fsp3) is 0.414. The topological polar surface area (TPSA) is 105 Å². The summed E-state index contributed by atoms with van der Waals surface area (Å²) in [5.41, 5.74) is 3.11. The monoisotopic (exact) mass is 507 g/mol. The van der Waals surface area contributed by atoms with Crippen molar-refractivity contribution in [2.24, 2.45) is 5.92 Å². The van der Waals surface area contributed by atoms with Gasteiger partial charge < -0.3 is 4.74 Å². The fourth-order valence-corrected chi connectivity index (χ4v) is 4.71. The molecule has 0 aliphatic heterocycles. The van der Waals surface area contributed by atoms with Gasteiger partial charge in [0.2, 0.25) is 0 Å². The van der Waals surface area contributed by atoms with E-state index >= 15 is 0 Å². The number of benzene rings is 2. The average Bonchev–Trinajstić information content (AvgIpc) is 2.88. The molecule has 3 aromatic rings. The van der Waals surface area contributed by atoms with Crippen molar-refractivity contribution in [3.8, 4) is 0 Å². The van der Waals surface area contributed by atoms with Gasteiger partial charge >= 0.3 is 5.97 Å². The molecule has 2 N–H and O–H groups in total. The van der Waals surface area contributed by atoms with Crippen LogP contribution in [0.25, 0.3) is 0 Å². The van der Waals surface area contributed by atoms with Crippen molar-refractivity contribution in [1.29, 1.82) is 0 Å². The maximum Gasteiger partial charge on any atom is 0.310 e. The van der Waals surface area contributed by atoms with E-state index in [2.05, 4.69) is 46.0 Å². The average molecular weight is 508 g/mol. The summed E-state index contributed by atoms with van der Waals surface area (Å²) < 4.78 is 5.86. The van der Waals surface area contributed by atoms with Gasteiger partial charge in [-0.3, -0.25) is 20.0 Å². The van der Waals surface area contributed by atoms with Crippen molar-refractivity contribution in [3.63, 3.8) is 0 Å². The van der Waals surface area contributed by atoms with E-state index in [9.17, 15) is 4.79 Å². The van der Waals surface area contributed by atoms with Crippen LogP contribution in [0, 0.1) is 19.8 Å². The van der Waals surface area contributed by atoms with Gasteiger partial charge in [0.25, 0.3) is 0 Å². The van der Waals surface area contributed by atoms with E-state index in [1.54, 1.807) is 0 Å². The first-order valence-electron chi connectivity index (χ1n) is 12.7. The quantitative estimate of drug-likeness (QED) is 0.170. The predicted molar refractivity (Wildman–Crippen MR) is 139 cm³/mol. The molecule has 3 rings (SSSR count). The van der Waals surface area contributed by atoms with Crippen molar-refractivity contribution in [3.05, 3.63) is 95.1 Å². The molecule has 0 aliphatic carbocycles. The number of unbranched alkanes of at least 4 members (excludes halogenated alkanes) is 3. The molecule has 0 fully saturated rings. The zero-order chi connectivity index (χ0) is 26.7. The number of rotatable bonds is 14. The second-order valence-corrected chi connectivity index (χ2v) is 9.43. The molecule has 198 valence electrons. The van der Waals surface area contributed by atoms with Crippen LogP contribution < -0.4 is 0 Å². The summed E-state index contributed by atoms with van der Waals surface area (Å²) >= 11 is 0. The largest absolute Gasteiger partial charge is 0.465 e. The summed E-state index contributed by atoms with van der Waals surface area (Å²) in [6, 6.07) is 22.0. The Hall–Kier alpha value is -3.17. The lowest BCUT2D eigenvalue weighted by molar-refractivity contribution is -0.492. The normalized spacial score (nSPS) is 12.5. The highest BCUT2D eigenvalue weighted by molar-refractivity contribution is 5.76. The third-order valence-electron chi connectivity index (χ3n) is 6.63. The van der Waals surface area contributed by atoms with Crippen LogP contribution in [0.1, 0.15) is 60.9 Å². The Morgan fingerprint density at radius 2 is 1.38 bits per heavy atom.